The van der Waals surface area contributed by atoms with Crippen LogP contribution in [0.3, 0.4) is 0 Å². The normalized spacial score (nSPS) is 10.6. The minimum Gasteiger partial charge on any atom is -0.396 e. The molecule has 0 aliphatic heterocycles. The molecule has 80 valence electrons. The van der Waals surface area contributed by atoms with Gasteiger partial charge >= 0.3 is 0 Å². The number of rotatable bonds is 8. The van der Waals surface area contributed by atoms with Crippen molar-refractivity contribution in [3.63, 3.8) is 0 Å². The Kier molecular flexibility index (Phi) is 6.47. The summed E-state index contributed by atoms with van der Waals surface area (Å²) in [5, 5.41) is 18.6. The van der Waals surface area contributed by atoms with E-state index < -0.39 is 0 Å². The van der Waals surface area contributed by atoms with E-state index in [-0.39, 0.29) is 0 Å². The zero-order valence-corrected chi connectivity index (χ0v) is 9.02. The Hall–Kier alpha value is -0.520. The second-order valence-corrected chi connectivity index (χ2v) is 4.17. The smallest absolute Gasteiger partial charge is 0.0490 e. The van der Waals surface area contributed by atoms with E-state index in [9.17, 15) is 0 Å². The number of hydrogen-bond donors (Lipinski definition) is 3. The molecule has 0 atom stereocenters. The summed E-state index contributed by atoms with van der Waals surface area (Å²) in [7, 11) is 0. The maximum Gasteiger partial charge on any atom is 0.0490 e. The van der Waals surface area contributed by atoms with Crippen molar-refractivity contribution in [2.75, 3.05) is 24.7 Å². The summed E-state index contributed by atoms with van der Waals surface area (Å²) in [6.45, 7) is 2.14. The molecule has 0 saturated heterocycles. The van der Waals surface area contributed by atoms with Crippen LogP contribution in [0.2, 0.25) is 0 Å². The molecule has 0 bridgehead atoms. The van der Waals surface area contributed by atoms with Crippen LogP contribution in [0.25, 0.3) is 0 Å². The summed E-state index contributed by atoms with van der Waals surface area (Å²) in [6.07, 6.45) is 2.65. The van der Waals surface area contributed by atoms with E-state index in [0.29, 0.717) is 6.61 Å². The van der Waals surface area contributed by atoms with Crippen molar-refractivity contribution in [3.05, 3.63) is 18.0 Å². The lowest BCUT2D eigenvalue weighted by Gasteiger charge is -2.02. The van der Waals surface area contributed by atoms with Crippen LogP contribution in [-0.2, 0) is 6.54 Å². The second kappa shape index (κ2) is 7.84. The van der Waals surface area contributed by atoms with E-state index >= 15 is 0 Å². The number of aliphatic hydroxyl groups is 1. The highest BCUT2D eigenvalue weighted by Crippen LogP contribution is 2.00. The number of aromatic nitrogens is 2. The standard InChI is InChI=1S/C9H17N3OS/c13-5-1-6-14-7-4-10-8-9-2-3-11-12-9/h2-3,10,13H,1,4-8H2,(H,11,12). The number of H-pyrrole nitrogens is 1. The number of aromatic amines is 1. The molecule has 0 spiro atoms. The van der Waals surface area contributed by atoms with Crippen LogP contribution in [0, 0.1) is 0 Å². The molecule has 5 heteroatoms. The first-order chi connectivity index (χ1) is 6.93. The van der Waals surface area contributed by atoms with Gasteiger partial charge in [0, 0.05) is 37.3 Å². The summed E-state index contributed by atoms with van der Waals surface area (Å²) in [4.78, 5) is 0. The molecule has 1 heterocycles. The fraction of sp³-hybridized carbons (Fsp3) is 0.667. The highest BCUT2D eigenvalue weighted by atomic mass is 32.2. The molecule has 0 aliphatic rings. The molecule has 1 aromatic rings. The van der Waals surface area contributed by atoms with Gasteiger partial charge in [-0.3, -0.25) is 5.10 Å². The van der Waals surface area contributed by atoms with Gasteiger partial charge < -0.3 is 10.4 Å². The number of nitrogens with one attached hydrogen (secondary N) is 2. The van der Waals surface area contributed by atoms with Crippen LogP contribution in [-0.4, -0.2) is 40.0 Å². The molecule has 1 aromatic heterocycles. The van der Waals surface area contributed by atoms with E-state index in [1.165, 1.54) is 0 Å². The van der Waals surface area contributed by atoms with Gasteiger partial charge in [0.25, 0.3) is 0 Å². The lowest BCUT2D eigenvalue weighted by Crippen LogP contribution is -2.17. The fourth-order valence-corrected chi connectivity index (χ4v) is 1.85. The van der Waals surface area contributed by atoms with E-state index in [0.717, 1.165) is 36.7 Å². The van der Waals surface area contributed by atoms with Gasteiger partial charge in [-0.25, -0.2) is 0 Å². The average Bonchev–Trinajstić information content (AvgIpc) is 2.69. The van der Waals surface area contributed by atoms with E-state index in [1.54, 1.807) is 6.20 Å². The molecule has 0 aliphatic carbocycles. The number of hydrogen-bond acceptors (Lipinski definition) is 4. The first kappa shape index (κ1) is 11.6. The SMILES string of the molecule is OCCCSCCNCc1ccn[nH]1. The van der Waals surface area contributed by atoms with Crippen molar-refractivity contribution in [2.45, 2.75) is 13.0 Å². The van der Waals surface area contributed by atoms with E-state index in [2.05, 4.69) is 15.5 Å². The minimum atomic E-state index is 0.300. The van der Waals surface area contributed by atoms with Crippen molar-refractivity contribution < 1.29 is 5.11 Å². The van der Waals surface area contributed by atoms with Crippen LogP contribution in [0.5, 0.6) is 0 Å². The van der Waals surface area contributed by atoms with Crippen molar-refractivity contribution in [3.8, 4) is 0 Å². The monoisotopic (exact) mass is 215 g/mol. The minimum absolute atomic E-state index is 0.300. The van der Waals surface area contributed by atoms with Gasteiger partial charge in [-0.05, 0) is 18.2 Å². The molecule has 0 aromatic carbocycles. The van der Waals surface area contributed by atoms with Gasteiger partial charge in [0.1, 0.15) is 0 Å². The first-order valence-electron chi connectivity index (χ1n) is 4.81. The molecule has 0 saturated carbocycles. The highest BCUT2D eigenvalue weighted by Gasteiger charge is 1.92. The quantitative estimate of drug-likeness (QED) is 0.556. The Morgan fingerprint density at radius 2 is 2.43 bits per heavy atom. The van der Waals surface area contributed by atoms with Crippen LogP contribution < -0.4 is 5.32 Å². The van der Waals surface area contributed by atoms with Gasteiger partial charge in [-0.15, -0.1) is 0 Å². The zero-order valence-electron chi connectivity index (χ0n) is 8.20. The van der Waals surface area contributed by atoms with Crippen LogP contribution in [0.15, 0.2) is 12.3 Å². The second-order valence-electron chi connectivity index (χ2n) is 2.95. The topological polar surface area (TPSA) is 60.9 Å². The van der Waals surface area contributed by atoms with Crippen molar-refractivity contribution in [2.24, 2.45) is 0 Å². The molecule has 14 heavy (non-hydrogen) atoms. The molecule has 1 rings (SSSR count). The lowest BCUT2D eigenvalue weighted by atomic mass is 10.4. The summed E-state index contributed by atoms with van der Waals surface area (Å²) in [5.74, 6) is 2.14. The number of aliphatic hydroxyl groups excluding tert-OH is 1. The Morgan fingerprint density at radius 1 is 1.50 bits per heavy atom. The molecule has 0 radical (unpaired) electrons. The number of thioether (sulfide) groups is 1. The van der Waals surface area contributed by atoms with Crippen molar-refractivity contribution in [1.82, 2.24) is 15.5 Å². The molecule has 0 unspecified atom stereocenters. The summed E-state index contributed by atoms with van der Waals surface area (Å²) in [5.41, 5.74) is 1.12. The van der Waals surface area contributed by atoms with Crippen molar-refractivity contribution in [1.29, 1.82) is 0 Å². The molecular formula is C9H17N3OS. The third-order valence-corrected chi connectivity index (χ3v) is 2.81. The van der Waals surface area contributed by atoms with Gasteiger partial charge in [0.05, 0.1) is 0 Å². The van der Waals surface area contributed by atoms with E-state index in [1.807, 2.05) is 17.8 Å². The van der Waals surface area contributed by atoms with Gasteiger partial charge in [-0.2, -0.15) is 16.9 Å². The fourth-order valence-electron chi connectivity index (χ4n) is 1.02. The molecule has 4 nitrogen and oxygen atoms in total. The summed E-state index contributed by atoms with van der Waals surface area (Å²) in [6, 6.07) is 1.96. The predicted octanol–water partition coefficient (Wildman–Crippen LogP) is 0.615. The third-order valence-electron chi connectivity index (χ3n) is 1.74. The summed E-state index contributed by atoms with van der Waals surface area (Å²) >= 11 is 1.87. The molecule has 3 N–H and O–H groups in total. The van der Waals surface area contributed by atoms with Gasteiger partial charge in [-0.1, -0.05) is 0 Å². The molecular weight excluding hydrogens is 198 g/mol. The largest absolute Gasteiger partial charge is 0.396 e. The molecule has 0 fully saturated rings. The molecule has 0 amide bonds. The summed E-state index contributed by atoms with van der Waals surface area (Å²) < 4.78 is 0. The Bertz CT molecular complexity index is 216. The first-order valence-corrected chi connectivity index (χ1v) is 5.96. The van der Waals surface area contributed by atoms with Crippen LogP contribution in [0.4, 0.5) is 0 Å². The highest BCUT2D eigenvalue weighted by molar-refractivity contribution is 7.99. The Morgan fingerprint density at radius 3 is 3.14 bits per heavy atom. The number of nitrogens with zero attached hydrogens (tertiary/aromatic N) is 1. The Balaban J connectivity index is 1.85. The maximum absolute atomic E-state index is 8.55. The van der Waals surface area contributed by atoms with Crippen LogP contribution >= 0.6 is 11.8 Å². The van der Waals surface area contributed by atoms with Gasteiger partial charge in [0.2, 0.25) is 0 Å². The Labute approximate surface area is 88.5 Å². The third kappa shape index (κ3) is 5.26. The predicted molar refractivity (Wildman–Crippen MR) is 59.3 cm³/mol. The van der Waals surface area contributed by atoms with Crippen molar-refractivity contribution >= 4 is 11.8 Å². The lowest BCUT2D eigenvalue weighted by molar-refractivity contribution is 0.296. The average molecular weight is 215 g/mol. The van der Waals surface area contributed by atoms with E-state index in [4.69, 9.17) is 5.11 Å². The maximum atomic E-state index is 8.55. The van der Waals surface area contributed by atoms with Gasteiger partial charge in [0.15, 0.2) is 0 Å². The zero-order chi connectivity index (χ0) is 10.1. The van der Waals surface area contributed by atoms with Crippen LogP contribution in [0.1, 0.15) is 12.1 Å².